The molecule has 0 bridgehead atoms. The van der Waals surface area contributed by atoms with Crippen molar-refractivity contribution in [2.75, 3.05) is 11.5 Å². The maximum Gasteiger partial charge on any atom is 0.390 e. The van der Waals surface area contributed by atoms with Crippen molar-refractivity contribution in [2.45, 2.75) is 25.6 Å². The molecule has 0 aliphatic carbocycles. The van der Waals surface area contributed by atoms with Crippen molar-refractivity contribution in [1.82, 2.24) is 5.32 Å². The molecule has 2 atom stereocenters. The number of hydrogen-bond donors (Lipinski definition) is 2. The van der Waals surface area contributed by atoms with Gasteiger partial charge < -0.3 is 10.4 Å². The topological polar surface area (TPSA) is 83.5 Å². The molecular formula is C8H12F3NO4S. The van der Waals surface area contributed by atoms with E-state index in [1.165, 1.54) is 0 Å². The number of nitrogens with one attached hydrogen (secondary N) is 1. The molecule has 0 aliphatic rings. The summed E-state index contributed by atoms with van der Waals surface area (Å²) < 4.78 is 46.6. The van der Waals surface area contributed by atoms with Gasteiger partial charge in [-0.1, -0.05) is 0 Å². The number of alkyl halides is 3. The zero-order chi connectivity index (χ0) is 13.6. The standard InChI is InChI=1S/C8H12F3NO4S/c1-5(13)12-6(7(14)15)4-17(16)3-2-8(9,10)11/h6H,2-4H2,1H3,(H,12,13)(H,14,15). The first-order chi connectivity index (χ1) is 7.61. The molecule has 0 radical (unpaired) electrons. The lowest BCUT2D eigenvalue weighted by atomic mass is 10.3. The Hall–Kier alpha value is -1.12. The molecule has 0 aliphatic heterocycles. The van der Waals surface area contributed by atoms with E-state index < -0.39 is 52.8 Å². The first-order valence-electron chi connectivity index (χ1n) is 4.53. The van der Waals surface area contributed by atoms with Gasteiger partial charge in [-0.05, 0) is 0 Å². The maximum absolute atomic E-state index is 11.8. The fourth-order valence-electron chi connectivity index (χ4n) is 0.919. The van der Waals surface area contributed by atoms with Gasteiger partial charge in [0.05, 0.1) is 12.2 Å². The average molecular weight is 275 g/mol. The molecule has 2 N–H and O–H groups in total. The summed E-state index contributed by atoms with van der Waals surface area (Å²) in [5.74, 6) is -3.29. The number of carbonyl (C=O) groups is 2. The number of carboxylic acid groups (broad SMARTS) is 1. The molecule has 0 aromatic rings. The highest BCUT2D eigenvalue weighted by molar-refractivity contribution is 7.85. The summed E-state index contributed by atoms with van der Waals surface area (Å²) in [6.45, 7) is 1.06. The Morgan fingerprint density at radius 3 is 2.29 bits per heavy atom. The largest absolute Gasteiger partial charge is 0.480 e. The molecular weight excluding hydrogens is 263 g/mol. The number of halogens is 3. The van der Waals surface area contributed by atoms with Gasteiger partial charge in [0.25, 0.3) is 0 Å². The van der Waals surface area contributed by atoms with Gasteiger partial charge in [0.15, 0.2) is 0 Å². The van der Waals surface area contributed by atoms with Crippen molar-refractivity contribution < 1.29 is 32.1 Å². The van der Waals surface area contributed by atoms with Crippen molar-refractivity contribution >= 4 is 22.7 Å². The highest BCUT2D eigenvalue weighted by Crippen LogP contribution is 2.19. The summed E-state index contributed by atoms with van der Waals surface area (Å²) in [6, 6.07) is -1.43. The van der Waals surface area contributed by atoms with E-state index in [1.54, 1.807) is 0 Å². The lowest BCUT2D eigenvalue weighted by molar-refractivity contribution is -0.140. The van der Waals surface area contributed by atoms with Gasteiger partial charge in [0.1, 0.15) is 6.04 Å². The Balaban J connectivity index is 4.22. The second-order valence-electron chi connectivity index (χ2n) is 3.27. The molecule has 0 aromatic heterocycles. The highest BCUT2D eigenvalue weighted by atomic mass is 32.2. The van der Waals surface area contributed by atoms with Gasteiger partial charge in [-0.2, -0.15) is 13.2 Å². The van der Waals surface area contributed by atoms with Gasteiger partial charge in [-0.15, -0.1) is 0 Å². The molecule has 100 valence electrons. The third-order valence-electron chi connectivity index (χ3n) is 1.64. The summed E-state index contributed by atoms with van der Waals surface area (Å²) in [6.07, 6.45) is -5.67. The van der Waals surface area contributed by atoms with Gasteiger partial charge in [-0.3, -0.25) is 9.00 Å². The molecule has 0 fully saturated rings. The highest BCUT2D eigenvalue weighted by Gasteiger charge is 2.29. The van der Waals surface area contributed by atoms with Gasteiger partial charge in [0.2, 0.25) is 5.91 Å². The van der Waals surface area contributed by atoms with Crippen LogP contribution in [-0.4, -0.2) is 44.9 Å². The lowest BCUT2D eigenvalue weighted by Gasteiger charge is -2.13. The van der Waals surface area contributed by atoms with E-state index in [9.17, 15) is 27.0 Å². The summed E-state index contributed by atoms with van der Waals surface area (Å²) in [7, 11) is -1.95. The van der Waals surface area contributed by atoms with Gasteiger partial charge in [0, 0.05) is 23.5 Å². The summed E-state index contributed by atoms with van der Waals surface area (Å²) >= 11 is 0. The van der Waals surface area contributed by atoms with Crippen molar-refractivity contribution in [2.24, 2.45) is 0 Å². The van der Waals surface area contributed by atoms with Crippen LogP contribution in [0.1, 0.15) is 13.3 Å². The van der Waals surface area contributed by atoms with E-state index in [2.05, 4.69) is 0 Å². The molecule has 0 saturated carbocycles. The molecule has 9 heteroatoms. The van der Waals surface area contributed by atoms with Crippen LogP contribution in [-0.2, 0) is 20.4 Å². The number of rotatable bonds is 6. The minimum Gasteiger partial charge on any atom is -0.480 e. The molecule has 1 amide bonds. The van der Waals surface area contributed by atoms with Crippen LogP contribution in [0.5, 0.6) is 0 Å². The van der Waals surface area contributed by atoms with E-state index in [1.807, 2.05) is 5.32 Å². The summed E-state index contributed by atoms with van der Waals surface area (Å²) in [4.78, 5) is 21.2. The predicted octanol–water partition coefficient (Wildman–Crippen LogP) is 0.277. The minimum atomic E-state index is -4.43. The predicted molar refractivity (Wildman–Crippen MR) is 53.8 cm³/mol. The zero-order valence-corrected chi connectivity index (χ0v) is 9.73. The van der Waals surface area contributed by atoms with Crippen LogP contribution in [0.25, 0.3) is 0 Å². The number of carbonyl (C=O) groups excluding carboxylic acids is 1. The van der Waals surface area contributed by atoms with Crippen LogP contribution in [0.2, 0.25) is 0 Å². The third-order valence-corrected chi connectivity index (χ3v) is 3.01. The summed E-state index contributed by atoms with van der Waals surface area (Å²) in [5.41, 5.74) is 0. The monoisotopic (exact) mass is 275 g/mol. The first-order valence-corrected chi connectivity index (χ1v) is 6.02. The number of amides is 1. The number of aliphatic carboxylic acids is 1. The fourth-order valence-corrected chi connectivity index (χ4v) is 2.14. The number of carboxylic acids is 1. The summed E-state index contributed by atoms with van der Waals surface area (Å²) in [5, 5.41) is 10.6. The second-order valence-corrected chi connectivity index (χ2v) is 4.89. The Morgan fingerprint density at radius 2 is 1.94 bits per heavy atom. The molecule has 0 saturated heterocycles. The second kappa shape index (κ2) is 6.58. The van der Waals surface area contributed by atoms with Gasteiger partial charge >= 0.3 is 12.1 Å². The lowest BCUT2D eigenvalue weighted by Crippen LogP contribution is -2.43. The zero-order valence-electron chi connectivity index (χ0n) is 8.91. The first kappa shape index (κ1) is 15.9. The van der Waals surface area contributed by atoms with Crippen molar-refractivity contribution in [1.29, 1.82) is 0 Å². The molecule has 17 heavy (non-hydrogen) atoms. The van der Waals surface area contributed by atoms with Crippen LogP contribution < -0.4 is 5.32 Å². The van der Waals surface area contributed by atoms with Crippen molar-refractivity contribution in [3.8, 4) is 0 Å². The molecule has 2 unspecified atom stereocenters. The molecule has 0 aromatic carbocycles. The van der Waals surface area contributed by atoms with Crippen LogP contribution >= 0.6 is 0 Å². The van der Waals surface area contributed by atoms with Crippen LogP contribution in [0.15, 0.2) is 0 Å². The minimum absolute atomic E-state index is 0.537. The molecule has 0 rings (SSSR count). The third kappa shape index (κ3) is 8.66. The average Bonchev–Trinajstić information content (AvgIpc) is 2.11. The van der Waals surface area contributed by atoms with Crippen molar-refractivity contribution in [3.63, 3.8) is 0 Å². The van der Waals surface area contributed by atoms with Crippen LogP contribution in [0.4, 0.5) is 13.2 Å². The molecule has 0 spiro atoms. The normalized spacial score (nSPS) is 15.1. The smallest absolute Gasteiger partial charge is 0.390 e. The van der Waals surface area contributed by atoms with E-state index in [0.29, 0.717) is 0 Å². The Morgan fingerprint density at radius 1 is 1.41 bits per heavy atom. The maximum atomic E-state index is 11.8. The van der Waals surface area contributed by atoms with Crippen LogP contribution in [0.3, 0.4) is 0 Å². The van der Waals surface area contributed by atoms with Crippen molar-refractivity contribution in [3.05, 3.63) is 0 Å². The van der Waals surface area contributed by atoms with Gasteiger partial charge in [-0.25, -0.2) is 4.79 Å². The molecule has 5 nitrogen and oxygen atoms in total. The fraction of sp³-hybridized carbons (Fsp3) is 0.750. The Bertz CT molecular complexity index is 318. The SMILES string of the molecule is CC(=O)NC(CS(=O)CCC(F)(F)F)C(=O)O. The van der Waals surface area contributed by atoms with E-state index >= 15 is 0 Å². The Kier molecular flexibility index (Phi) is 6.14. The van der Waals surface area contributed by atoms with E-state index in [4.69, 9.17) is 5.11 Å². The van der Waals surface area contributed by atoms with E-state index in [0.717, 1.165) is 6.92 Å². The Labute approximate surface area is 97.8 Å². The van der Waals surface area contributed by atoms with Crippen LogP contribution in [0, 0.1) is 0 Å². The quantitative estimate of drug-likeness (QED) is 0.729. The number of hydrogen-bond acceptors (Lipinski definition) is 3. The molecule has 0 heterocycles. The van der Waals surface area contributed by atoms with E-state index in [-0.39, 0.29) is 0 Å².